The molecule has 0 saturated carbocycles. The minimum Gasteiger partial charge on any atom is -0.350 e. The molecule has 6 nitrogen and oxygen atoms in total. The number of nitro benzene ring substituents is 1. The molecule has 0 aliphatic heterocycles. The van der Waals surface area contributed by atoms with Gasteiger partial charge >= 0.3 is 0 Å². The summed E-state index contributed by atoms with van der Waals surface area (Å²) in [6, 6.07) is 12.0. The molecule has 2 aromatic carbocycles. The molecule has 1 atom stereocenters. The number of hydrogen-bond acceptors (Lipinski definition) is 4. The van der Waals surface area contributed by atoms with Crippen LogP contribution in [0.3, 0.4) is 0 Å². The number of aryl methyl sites for hydroxylation is 1. The maximum absolute atomic E-state index is 12.3. The quantitative estimate of drug-likeness (QED) is 0.621. The molecule has 0 aliphatic rings. The van der Waals surface area contributed by atoms with E-state index in [1.165, 1.54) is 17.7 Å². The number of hydrogen-bond donors (Lipinski definition) is 2. The number of rotatable bonds is 6. The van der Waals surface area contributed by atoms with Crippen LogP contribution in [0.5, 0.6) is 0 Å². The van der Waals surface area contributed by atoms with Crippen molar-refractivity contribution >= 4 is 11.6 Å². The zero-order chi connectivity index (χ0) is 18.6. The van der Waals surface area contributed by atoms with E-state index in [2.05, 4.69) is 19.2 Å². The largest absolute Gasteiger partial charge is 0.350 e. The average Bonchev–Trinajstić information content (AvgIpc) is 2.58. The molecule has 1 unspecified atom stereocenters. The van der Waals surface area contributed by atoms with Crippen LogP contribution in [0.2, 0.25) is 0 Å². The first kappa shape index (κ1) is 18.6. The molecule has 2 rings (SSSR count). The minimum atomic E-state index is -0.508. The fraction of sp³-hybridized carbons (Fsp3) is 0.316. The van der Waals surface area contributed by atoms with Gasteiger partial charge in [-0.05, 0) is 35.6 Å². The predicted octanol–water partition coefficient (Wildman–Crippen LogP) is 3.46. The smallest absolute Gasteiger partial charge is 0.270 e. The van der Waals surface area contributed by atoms with Crippen LogP contribution in [0, 0.1) is 17.0 Å². The van der Waals surface area contributed by atoms with Gasteiger partial charge in [-0.25, -0.2) is 0 Å². The predicted molar refractivity (Wildman–Crippen MR) is 97.6 cm³/mol. The van der Waals surface area contributed by atoms with Crippen molar-refractivity contribution in [1.82, 2.24) is 5.32 Å². The second-order valence-electron chi connectivity index (χ2n) is 6.45. The van der Waals surface area contributed by atoms with E-state index < -0.39 is 4.92 Å². The Hall–Kier alpha value is -2.73. The summed E-state index contributed by atoms with van der Waals surface area (Å²) < 4.78 is 0. The molecule has 25 heavy (non-hydrogen) atoms. The van der Waals surface area contributed by atoms with Gasteiger partial charge in [0.1, 0.15) is 0 Å². The Balaban J connectivity index is 2.03. The van der Waals surface area contributed by atoms with Crippen LogP contribution in [-0.2, 0) is 0 Å². The van der Waals surface area contributed by atoms with Gasteiger partial charge < -0.3 is 11.1 Å². The van der Waals surface area contributed by atoms with Crippen molar-refractivity contribution in [2.24, 2.45) is 5.73 Å². The average molecular weight is 341 g/mol. The van der Waals surface area contributed by atoms with Crippen LogP contribution in [0.1, 0.15) is 52.9 Å². The zero-order valence-electron chi connectivity index (χ0n) is 14.7. The van der Waals surface area contributed by atoms with Crippen molar-refractivity contribution in [3.63, 3.8) is 0 Å². The number of carbonyl (C=O) groups excluding carboxylic acids is 1. The molecular weight excluding hydrogens is 318 g/mol. The highest BCUT2D eigenvalue weighted by atomic mass is 16.6. The Bertz CT molecular complexity index is 770. The maximum Gasteiger partial charge on any atom is 0.270 e. The Morgan fingerprint density at radius 1 is 1.16 bits per heavy atom. The normalized spacial score (nSPS) is 12.0. The summed E-state index contributed by atoms with van der Waals surface area (Å²) in [7, 11) is 0. The molecule has 0 saturated heterocycles. The summed E-state index contributed by atoms with van der Waals surface area (Å²) in [5, 5.41) is 13.6. The Kier molecular flexibility index (Phi) is 5.88. The minimum absolute atomic E-state index is 0.0984. The van der Waals surface area contributed by atoms with Gasteiger partial charge in [0.2, 0.25) is 0 Å². The van der Waals surface area contributed by atoms with Crippen LogP contribution in [0.4, 0.5) is 5.69 Å². The number of nitrogens with zero attached hydrogens (tertiary/aromatic N) is 1. The van der Waals surface area contributed by atoms with Crippen molar-refractivity contribution in [1.29, 1.82) is 0 Å². The second-order valence-corrected chi connectivity index (χ2v) is 6.45. The van der Waals surface area contributed by atoms with E-state index in [-0.39, 0.29) is 29.7 Å². The molecular formula is C19H23N3O3. The number of carbonyl (C=O) groups is 1. The SMILES string of the molecule is Cc1cc(C(=O)NCC(N)c2ccc(C(C)C)cc2)cc([N+](=O)[O-])c1. The second kappa shape index (κ2) is 7.90. The molecule has 132 valence electrons. The standard InChI is InChI=1S/C19H23N3O3/c1-12(2)14-4-6-15(7-5-14)18(20)11-21-19(23)16-8-13(3)9-17(10-16)22(24)25/h4-10,12,18H,11,20H2,1-3H3,(H,21,23). The first-order valence-electron chi connectivity index (χ1n) is 8.17. The van der Waals surface area contributed by atoms with E-state index in [1.54, 1.807) is 13.0 Å². The van der Waals surface area contributed by atoms with Gasteiger partial charge in [0, 0.05) is 30.3 Å². The molecule has 0 fully saturated rings. The van der Waals surface area contributed by atoms with E-state index in [0.717, 1.165) is 5.56 Å². The summed E-state index contributed by atoms with van der Waals surface area (Å²) in [5.74, 6) is 0.0724. The third-order valence-electron chi connectivity index (χ3n) is 4.05. The van der Waals surface area contributed by atoms with E-state index in [9.17, 15) is 14.9 Å². The van der Waals surface area contributed by atoms with E-state index >= 15 is 0 Å². The first-order valence-corrected chi connectivity index (χ1v) is 8.17. The molecule has 0 radical (unpaired) electrons. The number of nitrogens with one attached hydrogen (secondary N) is 1. The number of nitro groups is 1. The van der Waals surface area contributed by atoms with Gasteiger partial charge in [-0.2, -0.15) is 0 Å². The molecule has 0 aliphatic carbocycles. The lowest BCUT2D eigenvalue weighted by Crippen LogP contribution is -2.32. The Labute approximate surface area is 147 Å². The van der Waals surface area contributed by atoms with Crippen molar-refractivity contribution in [3.8, 4) is 0 Å². The molecule has 0 heterocycles. The van der Waals surface area contributed by atoms with Crippen LogP contribution in [0.15, 0.2) is 42.5 Å². The summed E-state index contributed by atoms with van der Waals surface area (Å²) in [6.07, 6.45) is 0. The highest BCUT2D eigenvalue weighted by Gasteiger charge is 2.14. The van der Waals surface area contributed by atoms with E-state index in [0.29, 0.717) is 11.5 Å². The van der Waals surface area contributed by atoms with Gasteiger partial charge in [-0.3, -0.25) is 14.9 Å². The fourth-order valence-electron chi connectivity index (χ4n) is 2.55. The molecule has 0 aromatic heterocycles. The third-order valence-corrected chi connectivity index (χ3v) is 4.05. The number of amides is 1. The van der Waals surface area contributed by atoms with Crippen molar-refractivity contribution in [3.05, 3.63) is 74.8 Å². The lowest BCUT2D eigenvalue weighted by Gasteiger charge is -2.15. The fourth-order valence-corrected chi connectivity index (χ4v) is 2.55. The van der Waals surface area contributed by atoms with Gasteiger partial charge in [-0.15, -0.1) is 0 Å². The van der Waals surface area contributed by atoms with Crippen molar-refractivity contribution in [2.75, 3.05) is 6.54 Å². The molecule has 2 aromatic rings. The summed E-state index contributed by atoms with van der Waals surface area (Å²) in [4.78, 5) is 22.7. The Morgan fingerprint density at radius 3 is 2.32 bits per heavy atom. The molecule has 0 spiro atoms. The topological polar surface area (TPSA) is 98.3 Å². The summed E-state index contributed by atoms with van der Waals surface area (Å²) in [6.45, 7) is 6.21. The molecule has 0 bridgehead atoms. The van der Waals surface area contributed by atoms with Crippen LogP contribution in [0.25, 0.3) is 0 Å². The highest BCUT2D eigenvalue weighted by Crippen LogP contribution is 2.18. The third kappa shape index (κ3) is 4.87. The zero-order valence-corrected chi connectivity index (χ0v) is 14.7. The molecule has 3 N–H and O–H groups in total. The first-order chi connectivity index (χ1) is 11.8. The van der Waals surface area contributed by atoms with Crippen LogP contribution in [-0.4, -0.2) is 17.4 Å². The van der Waals surface area contributed by atoms with Gasteiger partial charge in [-0.1, -0.05) is 38.1 Å². The number of non-ortho nitro benzene ring substituents is 1. The summed E-state index contributed by atoms with van der Waals surface area (Å²) in [5.41, 5.74) is 9.11. The maximum atomic E-state index is 12.3. The van der Waals surface area contributed by atoms with E-state index in [4.69, 9.17) is 5.73 Å². The van der Waals surface area contributed by atoms with Crippen molar-refractivity contribution in [2.45, 2.75) is 32.7 Å². The molecule has 6 heteroatoms. The number of benzene rings is 2. The summed E-state index contributed by atoms with van der Waals surface area (Å²) >= 11 is 0. The number of nitrogens with two attached hydrogens (primary N) is 1. The van der Waals surface area contributed by atoms with Gasteiger partial charge in [0.15, 0.2) is 0 Å². The lowest BCUT2D eigenvalue weighted by molar-refractivity contribution is -0.384. The van der Waals surface area contributed by atoms with Gasteiger partial charge in [0.25, 0.3) is 11.6 Å². The highest BCUT2D eigenvalue weighted by molar-refractivity contribution is 5.95. The monoisotopic (exact) mass is 341 g/mol. The van der Waals surface area contributed by atoms with Crippen LogP contribution >= 0.6 is 0 Å². The van der Waals surface area contributed by atoms with Crippen molar-refractivity contribution < 1.29 is 9.72 Å². The lowest BCUT2D eigenvalue weighted by atomic mass is 9.99. The molecule has 1 amide bonds. The van der Waals surface area contributed by atoms with Gasteiger partial charge in [0.05, 0.1) is 4.92 Å². The Morgan fingerprint density at radius 2 is 1.76 bits per heavy atom. The van der Waals surface area contributed by atoms with E-state index in [1.807, 2.05) is 24.3 Å². The van der Waals surface area contributed by atoms with Crippen LogP contribution < -0.4 is 11.1 Å².